The summed E-state index contributed by atoms with van der Waals surface area (Å²) in [6.07, 6.45) is 1.54. The van der Waals surface area contributed by atoms with Crippen molar-refractivity contribution in [3.8, 4) is 0 Å². The van der Waals surface area contributed by atoms with Gasteiger partial charge in [-0.1, -0.05) is 34.8 Å². The Kier molecular flexibility index (Phi) is 4.22. The molecule has 3 N–H and O–H groups in total. The van der Waals surface area contributed by atoms with Gasteiger partial charge < -0.3 is 11.1 Å². The van der Waals surface area contributed by atoms with Crippen LogP contribution in [0, 0.1) is 0 Å². The van der Waals surface area contributed by atoms with Gasteiger partial charge in [0.25, 0.3) is 0 Å². The summed E-state index contributed by atoms with van der Waals surface area (Å²) in [7, 11) is 0. The van der Waals surface area contributed by atoms with E-state index in [1.807, 2.05) is 0 Å². The fourth-order valence-corrected chi connectivity index (χ4v) is 2.35. The topological polar surface area (TPSA) is 50.9 Å². The zero-order valence-electron chi connectivity index (χ0n) is 8.85. The summed E-state index contributed by atoms with van der Waals surface area (Å²) >= 11 is 21.2. The number of benzene rings is 1. The second-order valence-electron chi connectivity index (χ2n) is 3.47. The molecule has 0 amide bonds. The third kappa shape index (κ3) is 3.01. The second kappa shape index (κ2) is 5.53. The molecule has 0 bridgehead atoms. The number of anilines is 3. The molecule has 2 aromatic rings. The van der Waals surface area contributed by atoms with Gasteiger partial charge in [0, 0.05) is 0 Å². The first-order valence-corrected chi connectivity index (χ1v) is 6.72. The van der Waals surface area contributed by atoms with E-state index in [-0.39, 0.29) is 0 Å². The molecular formula is C11H7BrCl3N3. The van der Waals surface area contributed by atoms with Gasteiger partial charge in [0.2, 0.25) is 0 Å². The molecule has 0 radical (unpaired) electrons. The molecule has 0 spiro atoms. The van der Waals surface area contributed by atoms with Crippen LogP contribution in [0.5, 0.6) is 0 Å². The van der Waals surface area contributed by atoms with E-state index in [1.54, 1.807) is 24.4 Å². The molecule has 1 aromatic carbocycles. The average Bonchev–Trinajstić information content (AvgIpc) is 2.29. The highest BCUT2D eigenvalue weighted by Gasteiger charge is 2.09. The van der Waals surface area contributed by atoms with Crippen molar-refractivity contribution >= 4 is 67.9 Å². The minimum absolute atomic E-state index is 0.400. The Hall–Kier alpha value is -0.680. The third-order valence-corrected chi connectivity index (χ3v) is 3.76. The molecule has 0 saturated heterocycles. The number of halogens is 4. The van der Waals surface area contributed by atoms with Crippen LogP contribution in [0.15, 0.2) is 28.9 Å². The minimum Gasteiger partial charge on any atom is -0.397 e. The second-order valence-corrected chi connectivity index (χ2v) is 5.55. The Morgan fingerprint density at radius 3 is 2.39 bits per heavy atom. The number of nitrogen functional groups attached to an aromatic ring is 1. The molecular weight excluding hydrogens is 360 g/mol. The predicted molar refractivity (Wildman–Crippen MR) is 81.1 cm³/mol. The van der Waals surface area contributed by atoms with Crippen LogP contribution in [-0.2, 0) is 0 Å². The summed E-state index contributed by atoms with van der Waals surface area (Å²) < 4.78 is 0.727. The van der Waals surface area contributed by atoms with Gasteiger partial charge in [-0.05, 0) is 34.1 Å². The molecule has 0 atom stereocenters. The SMILES string of the molecule is Nc1cnc(Nc2cc(Cl)c(Cl)cc2Cl)c(Br)c1. The number of rotatable bonds is 2. The van der Waals surface area contributed by atoms with Crippen LogP contribution in [0.1, 0.15) is 0 Å². The smallest absolute Gasteiger partial charge is 0.144 e. The predicted octanol–water partition coefficient (Wildman–Crippen LogP) is 5.13. The zero-order valence-corrected chi connectivity index (χ0v) is 12.7. The summed E-state index contributed by atoms with van der Waals surface area (Å²) in [6, 6.07) is 4.94. The normalized spacial score (nSPS) is 10.4. The third-order valence-electron chi connectivity index (χ3n) is 2.13. The zero-order chi connectivity index (χ0) is 13.3. The van der Waals surface area contributed by atoms with Crippen LogP contribution in [0.2, 0.25) is 15.1 Å². The van der Waals surface area contributed by atoms with Gasteiger partial charge in [0.1, 0.15) is 5.82 Å². The van der Waals surface area contributed by atoms with Gasteiger partial charge >= 0.3 is 0 Å². The van der Waals surface area contributed by atoms with E-state index in [4.69, 9.17) is 40.5 Å². The lowest BCUT2D eigenvalue weighted by molar-refractivity contribution is 1.29. The maximum atomic E-state index is 6.06. The first-order valence-electron chi connectivity index (χ1n) is 4.80. The number of pyridine rings is 1. The fraction of sp³-hybridized carbons (Fsp3) is 0. The quantitative estimate of drug-likeness (QED) is 0.724. The number of nitrogens with two attached hydrogens (primary N) is 1. The number of nitrogens with one attached hydrogen (secondary N) is 1. The van der Waals surface area contributed by atoms with Crippen LogP contribution in [0.4, 0.5) is 17.2 Å². The first-order chi connectivity index (χ1) is 8.47. The molecule has 0 saturated carbocycles. The number of hydrogen-bond acceptors (Lipinski definition) is 3. The lowest BCUT2D eigenvalue weighted by atomic mass is 10.3. The standard InChI is InChI=1S/C11H7BrCl3N3/c12-6-1-5(16)4-17-11(6)18-10-3-8(14)7(13)2-9(10)15/h1-4H,16H2,(H,17,18). The lowest BCUT2D eigenvalue weighted by Gasteiger charge is -2.10. The highest BCUT2D eigenvalue weighted by Crippen LogP contribution is 2.35. The summed E-state index contributed by atoms with van der Waals surface area (Å²) in [5.74, 6) is 0.587. The van der Waals surface area contributed by atoms with Gasteiger partial charge in [-0.3, -0.25) is 0 Å². The molecule has 0 unspecified atom stereocenters. The van der Waals surface area contributed by atoms with Crippen molar-refractivity contribution in [3.05, 3.63) is 43.9 Å². The Morgan fingerprint density at radius 2 is 1.72 bits per heavy atom. The van der Waals surface area contributed by atoms with E-state index in [2.05, 4.69) is 26.2 Å². The van der Waals surface area contributed by atoms with Crippen molar-refractivity contribution in [1.29, 1.82) is 0 Å². The van der Waals surface area contributed by atoms with Gasteiger partial charge in [0.05, 0.1) is 37.1 Å². The summed E-state index contributed by atoms with van der Waals surface area (Å²) in [4.78, 5) is 4.15. The first kappa shape index (κ1) is 13.7. The molecule has 0 fully saturated rings. The van der Waals surface area contributed by atoms with Gasteiger partial charge in [-0.15, -0.1) is 0 Å². The molecule has 1 heterocycles. The van der Waals surface area contributed by atoms with Crippen LogP contribution in [0.25, 0.3) is 0 Å². The number of aromatic nitrogens is 1. The minimum atomic E-state index is 0.400. The van der Waals surface area contributed by atoms with Crippen molar-refractivity contribution in [2.24, 2.45) is 0 Å². The average molecular weight is 367 g/mol. The highest BCUT2D eigenvalue weighted by molar-refractivity contribution is 9.10. The van der Waals surface area contributed by atoms with Gasteiger partial charge in [0.15, 0.2) is 0 Å². The molecule has 18 heavy (non-hydrogen) atoms. The van der Waals surface area contributed by atoms with E-state index >= 15 is 0 Å². The molecule has 7 heteroatoms. The van der Waals surface area contributed by atoms with Crippen LogP contribution in [-0.4, -0.2) is 4.98 Å². The molecule has 0 aliphatic carbocycles. The fourth-order valence-electron chi connectivity index (χ4n) is 1.29. The van der Waals surface area contributed by atoms with Crippen molar-refractivity contribution < 1.29 is 0 Å². The summed E-state index contributed by atoms with van der Waals surface area (Å²) in [5, 5.41) is 4.31. The number of nitrogens with zero attached hydrogens (tertiary/aromatic N) is 1. The monoisotopic (exact) mass is 365 g/mol. The molecule has 94 valence electrons. The Bertz CT molecular complexity index is 604. The van der Waals surface area contributed by atoms with E-state index < -0.39 is 0 Å². The van der Waals surface area contributed by atoms with E-state index in [9.17, 15) is 0 Å². The van der Waals surface area contributed by atoms with E-state index in [0.717, 1.165) is 4.47 Å². The largest absolute Gasteiger partial charge is 0.397 e. The Balaban J connectivity index is 2.37. The van der Waals surface area contributed by atoms with Gasteiger partial charge in [-0.25, -0.2) is 4.98 Å². The Morgan fingerprint density at radius 1 is 1.06 bits per heavy atom. The highest BCUT2D eigenvalue weighted by atomic mass is 79.9. The Labute approximate surface area is 127 Å². The lowest BCUT2D eigenvalue weighted by Crippen LogP contribution is -1.97. The van der Waals surface area contributed by atoms with Crippen molar-refractivity contribution in [2.45, 2.75) is 0 Å². The van der Waals surface area contributed by atoms with Crippen LogP contribution >= 0.6 is 50.7 Å². The van der Waals surface area contributed by atoms with Crippen molar-refractivity contribution in [3.63, 3.8) is 0 Å². The molecule has 3 nitrogen and oxygen atoms in total. The summed E-state index contributed by atoms with van der Waals surface area (Å²) in [6.45, 7) is 0. The maximum Gasteiger partial charge on any atom is 0.144 e. The van der Waals surface area contributed by atoms with Crippen LogP contribution < -0.4 is 11.1 Å². The number of hydrogen-bond donors (Lipinski definition) is 2. The summed E-state index contributed by atoms with van der Waals surface area (Å²) in [5.41, 5.74) is 6.79. The van der Waals surface area contributed by atoms with Crippen LogP contribution in [0.3, 0.4) is 0 Å². The van der Waals surface area contributed by atoms with E-state index in [1.165, 1.54) is 0 Å². The molecule has 0 aliphatic heterocycles. The molecule has 2 rings (SSSR count). The van der Waals surface area contributed by atoms with Crippen molar-refractivity contribution in [2.75, 3.05) is 11.1 Å². The molecule has 1 aromatic heterocycles. The van der Waals surface area contributed by atoms with E-state index in [0.29, 0.717) is 32.3 Å². The maximum absolute atomic E-state index is 6.06. The van der Waals surface area contributed by atoms with Gasteiger partial charge in [-0.2, -0.15) is 0 Å². The molecule has 0 aliphatic rings. The van der Waals surface area contributed by atoms with Crippen molar-refractivity contribution in [1.82, 2.24) is 4.98 Å².